The Hall–Kier alpha value is -3.45. The number of fused-ring (bicyclic) bond motifs is 1. The molecule has 0 saturated carbocycles. The molecule has 4 rings (SSSR count). The summed E-state index contributed by atoms with van der Waals surface area (Å²) in [5.41, 5.74) is 4.48. The Balaban J connectivity index is 1.45. The summed E-state index contributed by atoms with van der Waals surface area (Å²) in [4.78, 5) is 21.5. The number of amides is 1. The normalized spacial score (nSPS) is 10.7. The average molecular weight is 476 g/mol. The number of nitrogens with one attached hydrogen (secondary N) is 3. The van der Waals surface area contributed by atoms with Gasteiger partial charge in [-0.15, -0.1) is 0 Å². The molecule has 0 unspecified atom stereocenters. The van der Waals surface area contributed by atoms with Crippen LogP contribution in [0.5, 0.6) is 0 Å². The summed E-state index contributed by atoms with van der Waals surface area (Å²) in [5.74, 6) is 1.22. The predicted molar refractivity (Wildman–Crippen MR) is 130 cm³/mol. The molecule has 3 N–H and O–H groups in total. The SMILES string of the molecule is CNc1nc(NCc2ccc(NC(=O)c3ccc(Br)cc3)cc2)c2ccc(C)cc2n1. The van der Waals surface area contributed by atoms with Crippen molar-refractivity contribution >= 4 is 50.2 Å². The van der Waals surface area contributed by atoms with Gasteiger partial charge in [-0.1, -0.05) is 34.1 Å². The first kappa shape index (κ1) is 20.8. The predicted octanol–water partition coefficient (Wildman–Crippen LogP) is 5.61. The van der Waals surface area contributed by atoms with Gasteiger partial charge in [0.25, 0.3) is 5.91 Å². The molecule has 0 radical (unpaired) electrons. The first-order valence-corrected chi connectivity index (χ1v) is 10.7. The quantitative estimate of drug-likeness (QED) is 0.337. The molecule has 156 valence electrons. The van der Waals surface area contributed by atoms with Gasteiger partial charge in [0.1, 0.15) is 5.82 Å². The average Bonchev–Trinajstić information content (AvgIpc) is 2.78. The molecule has 0 aliphatic rings. The fourth-order valence-corrected chi connectivity index (χ4v) is 3.45. The van der Waals surface area contributed by atoms with Crippen LogP contribution in [0, 0.1) is 6.92 Å². The van der Waals surface area contributed by atoms with Gasteiger partial charge < -0.3 is 16.0 Å². The van der Waals surface area contributed by atoms with E-state index in [4.69, 9.17) is 0 Å². The van der Waals surface area contributed by atoms with Crippen LogP contribution in [0.1, 0.15) is 21.5 Å². The van der Waals surface area contributed by atoms with E-state index < -0.39 is 0 Å². The number of carbonyl (C=O) groups is 1. The second kappa shape index (κ2) is 9.14. The van der Waals surface area contributed by atoms with E-state index in [0.717, 1.165) is 38.0 Å². The second-order valence-electron chi connectivity index (χ2n) is 7.18. The Labute approximate surface area is 189 Å². The van der Waals surface area contributed by atoms with Gasteiger partial charge in [0.15, 0.2) is 0 Å². The number of benzene rings is 3. The van der Waals surface area contributed by atoms with Gasteiger partial charge in [-0.2, -0.15) is 4.98 Å². The molecule has 0 saturated heterocycles. The van der Waals surface area contributed by atoms with Crippen molar-refractivity contribution in [1.82, 2.24) is 9.97 Å². The van der Waals surface area contributed by atoms with E-state index in [0.29, 0.717) is 18.1 Å². The summed E-state index contributed by atoms with van der Waals surface area (Å²) in [5, 5.41) is 10.3. The summed E-state index contributed by atoms with van der Waals surface area (Å²) < 4.78 is 0.939. The minimum atomic E-state index is -0.138. The van der Waals surface area contributed by atoms with E-state index in [1.54, 1.807) is 12.1 Å². The summed E-state index contributed by atoms with van der Waals surface area (Å²) in [6.45, 7) is 2.65. The van der Waals surface area contributed by atoms with E-state index in [9.17, 15) is 4.79 Å². The van der Waals surface area contributed by atoms with Gasteiger partial charge in [0.05, 0.1) is 5.52 Å². The smallest absolute Gasteiger partial charge is 0.255 e. The van der Waals surface area contributed by atoms with Gasteiger partial charge >= 0.3 is 0 Å². The van der Waals surface area contributed by atoms with Crippen LogP contribution in [-0.2, 0) is 6.54 Å². The number of aryl methyl sites for hydroxylation is 1. The topological polar surface area (TPSA) is 78.9 Å². The van der Waals surface area contributed by atoms with Crippen molar-refractivity contribution in [3.05, 3.63) is 87.9 Å². The van der Waals surface area contributed by atoms with E-state index in [2.05, 4.69) is 47.9 Å². The Bertz CT molecular complexity index is 1220. The highest BCUT2D eigenvalue weighted by molar-refractivity contribution is 9.10. The van der Waals surface area contributed by atoms with Crippen LogP contribution in [0.4, 0.5) is 17.5 Å². The number of aromatic nitrogens is 2. The van der Waals surface area contributed by atoms with Gasteiger partial charge in [-0.25, -0.2) is 4.98 Å². The number of hydrogen-bond acceptors (Lipinski definition) is 5. The van der Waals surface area contributed by atoms with E-state index >= 15 is 0 Å². The Morgan fingerprint density at radius 2 is 1.71 bits per heavy atom. The third-order valence-corrected chi connectivity index (χ3v) is 5.38. The van der Waals surface area contributed by atoms with Gasteiger partial charge in [-0.05, 0) is 66.6 Å². The summed E-state index contributed by atoms with van der Waals surface area (Å²) in [6, 6.07) is 21.2. The molecule has 31 heavy (non-hydrogen) atoms. The van der Waals surface area contributed by atoms with Crippen molar-refractivity contribution in [3.63, 3.8) is 0 Å². The zero-order chi connectivity index (χ0) is 21.8. The van der Waals surface area contributed by atoms with E-state index in [1.807, 2.05) is 62.5 Å². The molecule has 1 aromatic heterocycles. The molecular weight excluding hydrogens is 454 g/mol. The first-order valence-electron chi connectivity index (χ1n) is 9.88. The molecule has 0 aliphatic carbocycles. The minimum absolute atomic E-state index is 0.138. The van der Waals surface area contributed by atoms with Crippen LogP contribution in [0.15, 0.2) is 71.2 Å². The zero-order valence-corrected chi connectivity index (χ0v) is 18.8. The van der Waals surface area contributed by atoms with Crippen LogP contribution in [-0.4, -0.2) is 22.9 Å². The highest BCUT2D eigenvalue weighted by Gasteiger charge is 2.08. The standard InChI is InChI=1S/C24H22BrN5O/c1-15-3-12-20-21(13-15)29-24(26-2)30-22(20)27-14-16-4-10-19(11-5-16)28-23(31)17-6-8-18(25)9-7-17/h3-13H,14H2,1-2H3,(H,28,31)(H2,26,27,29,30). The third kappa shape index (κ3) is 5.00. The van der Waals surface area contributed by atoms with Crippen molar-refractivity contribution in [2.75, 3.05) is 23.0 Å². The molecule has 1 heterocycles. The maximum atomic E-state index is 12.4. The lowest BCUT2D eigenvalue weighted by molar-refractivity contribution is 0.102. The van der Waals surface area contributed by atoms with Crippen LogP contribution < -0.4 is 16.0 Å². The Morgan fingerprint density at radius 3 is 2.42 bits per heavy atom. The molecule has 0 fully saturated rings. The molecule has 0 bridgehead atoms. The molecule has 6 nitrogen and oxygen atoms in total. The number of halogens is 1. The number of anilines is 3. The third-order valence-electron chi connectivity index (χ3n) is 4.85. The van der Waals surface area contributed by atoms with Gasteiger partial charge in [0, 0.05) is 34.7 Å². The lowest BCUT2D eigenvalue weighted by Gasteiger charge is -2.12. The zero-order valence-electron chi connectivity index (χ0n) is 17.2. The van der Waals surface area contributed by atoms with Crippen molar-refractivity contribution < 1.29 is 4.79 Å². The lowest BCUT2D eigenvalue weighted by atomic mass is 10.1. The van der Waals surface area contributed by atoms with E-state index in [1.165, 1.54) is 0 Å². The van der Waals surface area contributed by atoms with Crippen LogP contribution in [0.25, 0.3) is 10.9 Å². The number of hydrogen-bond donors (Lipinski definition) is 3. The number of carbonyl (C=O) groups excluding carboxylic acids is 1. The fraction of sp³-hybridized carbons (Fsp3) is 0.125. The molecular formula is C24H22BrN5O. The van der Waals surface area contributed by atoms with Crippen LogP contribution in [0.2, 0.25) is 0 Å². The van der Waals surface area contributed by atoms with Gasteiger partial charge in [-0.3, -0.25) is 4.79 Å². The van der Waals surface area contributed by atoms with Crippen molar-refractivity contribution in [1.29, 1.82) is 0 Å². The largest absolute Gasteiger partial charge is 0.365 e. The van der Waals surface area contributed by atoms with Crippen molar-refractivity contribution in [2.45, 2.75) is 13.5 Å². The number of nitrogens with zero attached hydrogens (tertiary/aromatic N) is 2. The highest BCUT2D eigenvalue weighted by Crippen LogP contribution is 2.24. The molecule has 4 aromatic rings. The maximum absolute atomic E-state index is 12.4. The lowest BCUT2D eigenvalue weighted by Crippen LogP contribution is -2.11. The monoisotopic (exact) mass is 475 g/mol. The molecule has 7 heteroatoms. The summed E-state index contributed by atoms with van der Waals surface area (Å²) in [7, 11) is 1.81. The molecule has 0 aliphatic heterocycles. The summed E-state index contributed by atoms with van der Waals surface area (Å²) >= 11 is 3.38. The summed E-state index contributed by atoms with van der Waals surface area (Å²) in [6.07, 6.45) is 0. The van der Waals surface area contributed by atoms with Crippen LogP contribution >= 0.6 is 15.9 Å². The highest BCUT2D eigenvalue weighted by atomic mass is 79.9. The van der Waals surface area contributed by atoms with Crippen molar-refractivity contribution in [3.8, 4) is 0 Å². The molecule has 0 spiro atoms. The van der Waals surface area contributed by atoms with E-state index in [-0.39, 0.29) is 5.91 Å². The van der Waals surface area contributed by atoms with Crippen LogP contribution in [0.3, 0.4) is 0 Å². The molecule has 3 aromatic carbocycles. The first-order chi connectivity index (χ1) is 15.0. The maximum Gasteiger partial charge on any atom is 0.255 e. The Morgan fingerprint density at radius 1 is 0.968 bits per heavy atom. The minimum Gasteiger partial charge on any atom is -0.365 e. The molecule has 1 amide bonds. The van der Waals surface area contributed by atoms with Gasteiger partial charge in [0.2, 0.25) is 5.95 Å². The number of rotatable bonds is 6. The Kier molecular flexibility index (Phi) is 6.13. The fourth-order valence-electron chi connectivity index (χ4n) is 3.18. The second-order valence-corrected chi connectivity index (χ2v) is 8.09. The molecule has 0 atom stereocenters. The van der Waals surface area contributed by atoms with Crippen molar-refractivity contribution in [2.24, 2.45) is 0 Å².